The minimum absolute atomic E-state index is 0. The van der Waals surface area contributed by atoms with E-state index in [2.05, 4.69) is 4.89 Å². The summed E-state index contributed by atoms with van der Waals surface area (Å²) in [5, 5.41) is 9.60. The Morgan fingerprint density at radius 2 is 1.80 bits per heavy atom. The summed E-state index contributed by atoms with van der Waals surface area (Å²) in [6, 6.07) is 9.33. The van der Waals surface area contributed by atoms with Crippen molar-refractivity contribution in [3.8, 4) is 0 Å². The van der Waals surface area contributed by atoms with E-state index in [9.17, 15) is 5.26 Å². The number of rotatable bonds is 2. The van der Waals surface area contributed by atoms with Crippen LogP contribution in [-0.4, -0.2) is 0 Å². The van der Waals surface area contributed by atoms with E-state index >= 15 is 0 Å². The minimum Gasteiger partial charge on any atom is -0.723 e. The van der Waals surface area contributed by atoms with Gasteiger partial charge in [0.15, 0.2) is 0 Å². The molecule has 0 radical (unpaired) electrons. The molecule has 0 amide bonds. The molecule has 10 heavy (non-hydrogen) atoms. The van der Waals surface area contributed by atoms with Crippen LogP contribution in [0.15, 0.2) is 30.3 Å². The Hall–Kier alpha value is 0.140. The Morgan fingerprint density at radius 1 is 1.20 bits per heavy atom. The summed E-state index contributed by atoms with van der Waals surface area (Å²) in [4.78, 5) is 3.68. The molecule has 0 saturated carbocycles. The first-order chi connectivity index (χ1) is 4.43. The number of benzene rings is 1. The summed E-state index contributed by atoms with van der Waals surface area (Å²) < 4.78 is 0. The Kier molecular flexibility index (Phi) is 5.97. The first-order valence-corrected chi connectivity index (χ1v) is 2.72. The number of hydrogen-bond donors (Lipinski definition) is 0. The molecule has 0 aromatic heterocycles. The van der Waals surface area contributed by atoms with Crippen molar-refractivity contribution in [3.05, 3.63) is 35.9 Å². The second-order valence-electron chi connectivity index (χ2n) is 1.75. The van der Waals surface area contributed by atoms with Gasteiger partial charge in [-0.1, -0.05) is 30.3 Å². The van der Waals surface area contributed by atoms with Crippen molar-refractivity contribution >= 4 is 0 Å². The van der Waals surface area contributed by atoms with Gasteiger partial charge in [0.2, 0.25) is 0 Å². The zero-order valence-corrected chi connectivity index (χ0v) is 7.91. The van der Waals surface area contributed by atoms with Crippen molar-refractivity contribution in [1.82, 2.24) is 0 Å². The second-order valence-corrected chi connectivity index (χ2v) is 1.75. The standard InChI is InChI=1S/C7H8O2.Na/c8-9-6-7-4-2-1-3-5-7;/h1-5,8H,6H2;/q;+1/p-1. The van der Waals surface area contributed by atoms with Crippen LogP contribution < -0.4 is 34.8 Å². The van der Waals surface area contributed by atoms with Crippen molar-refractivity contribution in [1.29, 1.82) is 0 Å². The smallest absolute Gasteiger partial charge is 0.723 e. The molecule has 0 unspecified atom stereocenters. The van der Waals surface area contributed by atoms with Gasteiger partial charge < -0.3 is 10.1 Å². The molecule has 2 nitrogen and oxygen atoms in total. The maximum Gasteiger partial charge on any atom is 1.00 e. The second kappa shape index (κ2) is 5.89. The average Bonchev–Trinajstić information content (AvgIpc) is 1.91. The molecule has 0 N–H and O–H groups in total. The summed E-state index contributed by atoms with van der Waals surface area (Å²) in [6.45, 7) is 0.154. The van der Waals surface area contributed by atoms with Crippen LogP contribution in [0.2, 0.25) is 0 Å². The Bertz CT molecular complexity index is 165. The average molecular weight is 146 g/mol. The largest absolute Gasteiger partial charge is 1.00 e. The summed E-state index contributed by atoms with van der Waals surface area (Å²) in [5.74, 6) is 0. The molecule has 48 valence electrons. The summed E-state index contributed by atoms with van der Waals surface area (Å²) in [7, 11) is 0. The predicted octanol–water partition coefficient (Wildman–Crippen LogP) is -2.52. The van der Waals surface area contributed by atoms with Gasteiger partial charge in [-0.2, -0.15) is 0 Å². The monoisotopic (exact) mass is 146 g/mol. The molecule has 0 spiro atoms. The fraction of sp³-hybridized carbons (Fsp3) is 0.143. The minimum atomic E-state index is 0. The maximum atomic E-state index is 9.60. The van der Waals surface area contributed by atoms with Crippen LogP contribution in [0.4, 0.5) is 0 Å². The zero-order chi connectivity index (χ0) is 6.53. The third kappa shape index (κ3) is 3.34. The summed E-state index contributed by atoms with van der Waals surface area (Å²) in [5.41, 5.74) is 0.910. The van der Waals surface area contributed by atoms with Crippen LogP contribution in [0.25, 0.3) is 0 Å². The fourth-order valence-electron chi connectivity index (χ4n) is 0.642. The first kappa shape index (κ1) is 10.1. The molecule has 0 atom stereocenters. The molecule has 0 heterocycles. The molecule has 1 aromatic rings. The Balaban J connectivity index is 0.000000810. The molecule has 1 aromatic carbocycles. The summed E-state index contributed by atoms with van der Waals surface area (Å²) in [6.07, 6.45) is 0. The van der Waals surface area contributed by atoms with Gasteiger partial charge in [0.05, 0.1) is 6.61 Å². The molecule has 0 saturated heterocycles. The van der Waals surface area contributed by atoms with Gasteiger partial charge in [0, 0.05) is 0 Å². The van der Waals surface area contributed by atoms with E-state index in [1.807, 2.05) is 30.3 Å². The molecular formula is C7H7NaO2. The normalized spacial score (nSPS) is 8.50. The molecule has 0 bridgehead atoms. The topological polar surface area (TPSA) is 32.3 Å². The van der Waals surface area contributed by atoms with E-state index in [0.29, 0.717) is 0 Å². The first-order valence-electron chi connectivity index (χ1n) is 2.72. The summed E-state index contributed by atoms with van der Waals surface area (Å²) >= 11 is 0. The van der Waals surface area contributed by atoms with Gasteiger partial charge in [-0.3, -0.25) is 0 Å². The predicted molar refractivity (Wildman–Crippen MR) is 31.2 cm³/mol. The van der Waals surface area contributed by atoms with Gasteiger partial charge in [0.25, 0.3) is 0 Å². The number of hydrogen-bond acceptors (Lipinski definition) is 2. The molecule has 0 fully saturated rings. The van der Waals surface area contributed by atoms with Gasteiger partial charge >= 0.3 is 29.6 Å². The van der Waals surface area contributed by atoms with Crippen LogP contribution in [0.3, 0.4) is 0 Å². The molecule has 3 heteroatoms. The van der Waals surface area contributed by atoms with E-state index in [4.69, 9.17) is 0 Å². The maximum absolute atomic E-state index is 9.60. The zero-order valence-electron chi connectivity index (χ0n) is 5.91. The third-order valence-electron chi connectivity index (χ3n) is 1.07. The van der Waals surface area contributed by atoms with Gasteiger partial charge in [-0.15, -0.1) is 0 Å². The molecular weight excluding hydrogens is 139 g/mol. The molecule has 0 aliphatic heterocycles. The van der Waals surface area contributed by atoms with Crippen LogP contribution in [0.1, 0.15) is 5.56 Å². The Morgan fingerprint density at radius 3 is 2.30 bits per heavy atom. The van der Waals surface area contributed by atoms with Crippen molar-refractivity contribution in [2.24, 2.45) is 0 Å². The van der Waals surface area contributed by atoms with Crippen LogP contribution in [0.5, 0.6) is 0 Å². The third-order valence-corrected chi connectivity index (χ3v) is 1.07. The van der Waals surface area contributed by atoms with Crippen molar-refractivity contribution in [3.63, 3.8) is 0 Å². The van der Waals surface area contributed by atoms with E-state index in [1.54, 1.807) is 0 Å². The van der Waals surface area contributed by atoms with E-state index in [0.717, 1.165) is 5.56 Å². The molecule has 1 rings (SSSR count). The van der Waals surface area contributed by atoms with Crippen LogP contribution in [-0.2, 0) is 11.5 Å². The molecule has 0 aliphatic carbocycles. The fourth-order valence-corrected chi connectivity index (χ4v) is 0.642. The van der Waals surface area contributed by atoms with E-state index < -0.39 is 0 Å². The van der Waals surface area contributed by atoms with Crippen molar-refractivity contribution in [2.45, 2.75) is 6.61 Å². The van der Waals surface area contributed by atoms with Crippen LogP contribution >= 0.6 is 0 Å². The Labute approximate surface area is 82.0 Å². The van der Waals surface area contributed by atoms with Crippen LogP contribution in [0, 0.1) is 0 Å². The van der Waals surface area contributed by atoms with Crippen molar-refractivity contribution in [2.75, 3.05) is 0 Å². The van der Waals surface area contributed by atoms with E-state index in [-0.39, 0.29) is 36.2 Å². The van der Waals surface area contributed by atoms with Gasteiger partial charge in [-0.05, 0) is 5.56 Å². The quantitative estimate of drug-likeness (QED) is 0.262. The van der Waals surface area contributed by atoms with Gasteiger partial charge in [-0.25, -0.2) is 0 Å². The molecule has 0 aliphatic rings. The van der Waals surface area contributed by atoms with E-state index in [1.165, 1.54) is 0 Å². The SMILES string of the molecule is [Na+].[O-]OCc1ccccc1. The van der Waals surface area contributed by atoms with Gasteiger partial charge in [0.1, 0.15) is 0 Å². The van der Waals surface area contributed by atoms with Crippen molar-refractivity contribution < 1.29 is 39.7 Å².